The van der Waals surface area contributed by atoms with Gasteiger partial charge in [0.05, 0.1) is 6.33 Å². The van der Waals surface area contributed by atoms with Gasteiger partial charge in [-0.1, -0.05) is 0 Å². The molecule has 1 unspecified atom stereocenters. The monoisotopic (exact) mass is 153 g/mol. The van der Waals surface area contributed by atoms with Gasteiger partial charge in [-0.2, -0.15) is 0 Å². The summed E-state index contributed by atoms with van der Waals surface area (Å²) in [7, 11) is 0. The van der Waals surface area contributed by atoms with E-state index in [0.717, 1.165) is 0 Å². The number of rotatable bonds is 0. The molecule has 0 amide bonds. The van der Waals surface area contributed by atoms with E-state index in [0.29, 0.717) is 11.5 Å². The lowest BCUT2D eigenvalue weighted by Gasteiger charge is -2.13. The molecule has 0 saturated heterocycles. The first-order valence-corrected chi connectivity index (χ1v) is 3.09. The second-order valence-corrected chi connectivity index (χ2v) is 2.18. The molecule has 0 saturated carbocycles. The Morgan fingerprint density at radius 2 is 2.45 bits per heavy atom. The lowest BCUT2D eigenvalue weighted by atomic mass is 10.3. The number of aliphatic hydroxyl groups is 1. The Morgan fingerprint density at radius 3 is 3.27 bits per heavy atom. The predicted molar refractivity (Wildman–Crippen MR) is 38.8 cm³/mol. The smallest absolute Gasteiger partial charge is 0.197 e. The van der Waals surface area contributed by atoms with E-state index in [9.17, 15) is 5.11 Å². The summed E-state index contributed by atoms with van der Waals surface area (Å²) in [5.41, 5.74) is 5.87. The van der Waals surface area contributed by atoms with Crippen LogP contribution in [0.5, 0.6) is 0 Å². The lowest BCUT2D eigenvalue weighted by molar-refractivity contribution is 0.183. The standard InChI is InChI=1S/C5H7N5O/c6-5-9-3-2(4(11)10-5)7-1-8-3/h1,4,11H,(H,7,8)(H3,6,9,10). The van der Waals surface area contributed by atoms with Crippen molar-refractivity contribution < 1.29 is 5.11 Å². The lowest BCUT2D eigenvalue weighted by Crippen LogP contribution is -2.27. The first kappa shape index (κ1) is 6.17. The van der Waals surface area contributed by atoms with Crippen molar-refractivity contribution >= 4 is 11.8 Å². The van der Waals surface area contributed by atoms with Crippen molar-refractivity contribution in [2.45, 2.75) is 6.23 Å². The molecule has 0 fully saturated rings. The summed E-state index contributed by atoms with van der Waals surface area (Å²) in [6.07, 6.45) is 0.545. The third-order valence-corrected chi connectivity index (χ3v) is 1.43. The van der Waals surface area contributed by atoms with Crippen molar-refractivity contribution in [1.29, 1.82) is 0 Å². The predicted octanol–water partition coefficient (Wildman–Crippen LogP) is -0.859. The fraction of sp³-hybridized carbons (Fsp3) is 0.200. The number of guanidine groups is 1. The van der Waals surface area contributed by atoms with E-state index in [1.807, 2.05) is 0 Å². The molecule has 0 radical (unpaired) electrons. The Labute approximate surface area is 62.2 Å². The van der Waals surface area contributed by atoms with Crippen LogP contribution < -0.4 is 11.1 Å². The number of nitrogens with one attached hydrogen (secondary N) is 2. The summed E-state index contributed by atoms with van der Waals surface area (Å²) < 4.78 is 0. The summed E-state index contributed by atoms with van der Waals surface area (Å²) in [4.78, 5) is 10.3. The molecule has 11 heavy (non-hydrogen) atoms. The number of nitrogens with two attached hydrogens (primary N) is 1. The zero-order valence-corrected chi connectivity index (χ0v) is 5.57. The van der Waals surface area contributed by atoms with Crippen molar-refractivity contribution in [2.75, 3.05) is 5.32 Å². The van der Waals surface area contributed by atoms with Gasteiger partial charge in [0.25, 0.3) is 0 Å². The fourth-order valence-corrected chi connectivity index (χ4v) is 0.951. The van der Waals surface area contributed by atoms with Crippen LogP contribution >= 0.6 is 0 Å². The number of aromatic nitrogens is 2. The Kier molecular flexibility index (Phi) is 1.10. The van der Waals surface area contributed by atoms with E-state index >= 15 is 0 Å². The third kappa shape index (κ3) is 0.838. The van der Waals surface area contributed by atoms with Crippen LogP contribution in [0.4, 0.5) is 5.82 Å². The average Bonchev–Trinajstić information content (AvgIpc) is 2.34. The van der Waals surface area contributed by atoms with E-state index < -0.39 is 6.23 Å². The van der Waals surface area contributed by atoms with Crippen LogP contribution in [0.2, 0.25) is 0 Å². The van der Waals surface area contributed by atoms with Gasteiger partial charge in [0, 0.05) is 0 Å². The highest BCUT2D eigenvalue weighted by Crippen LogP contribution is 2.22. The maximum atomic E-state index is 9.24. The van der Waals surface area contributed by atoms with E-state index in [-0.39, 0.29) is 5.96 Å². The van der Waals surface area contributed by atoms with Crippen LogP contribution in [0.25, 0.3) is 0 Å². The number of nitrogens with zero attached hydrogens (tertiary/aromatic N) is 2. The summed E-state index contributed by atoms with van der Waals surface area (Å²) in [6.45, 7) is 0. The van der Waals surface area contributed by atoms with Gasteiger partial charge in [0.2, 0.25) is 0 Å². The first-order chi connectivity index (χ1) is 5.27. The number of anilines is 1. The van der Waals surface area contributed by atoms with Crippen LogP contribution in [0, 0.1) is 0 Å². The van der Waals surface area contributed by atoms with Gasteiger partial charge >= 0.3 is 0 Å². The zero-order chi connectivity index (χ0) is 7.84. The molecule has 0 spiro atoms. The van der Waals surface area contributed by atoms with Gasteiger partial charge < -0.3 is 21.1 Å². The largest absolute Gasteiger partial charge is 0.370 e. The molecule has 1 aliphatic rings. The molecule has 6 nitrogen and oxygen atoms in total. The minimum Gasteiger partial charge on any atom is -0.370 e. The average molecular weight is 153 g/mol. The summed E-state index contributed by atoms with van der Waals surface area (Å²) in [5, 5.41) is 11.9. The van der Waals surface area contributed by atoms with Crippen molar-refractivity contribution in [3.8, 4) is 0 Å². The Hall–Kier alpha value is -1.56. The number of imidazole rings is 1. The van der Waals surface area contributed by atoms with Crippen LogP contribution in [0.1, 0.15) is 11.9 Å². The van der Waals surface area contributed by atoms with Crippen LogP contribution in [0.3, 0.4) is 0 Å². The SMILES string of the molecule is NC1=NC(O)c2[nH]cnc2N1. The fourth-order valence-electron chi connectivity index (χ4n) is 0.951. The van der Waals surface area contributed by atoms with Gasteiger partial charge in [-0.05, 0) is 0 Å². The maximum absolute atomic E-state index is 9.24. The van der Waals surface area contributed by atoms with E-state index in [4.69, 9.17) is 5.73 Å². The summed E-state index contributed by atoms with van der Waals surface area (Å²) in [5.74, 6) is 0.710. The molecule has 1 aliphatic heterocycles. The highest BCUT2D eigenvalue weighted by Gasteiger charge is 2.19. The molecule has 0 aromatic carbocycles. The van der Waals surface area contributed by atoms with E-state index in [2.05, 4.69) is 20.3 Å². The molecule has 1 atom stereocenters. The van der Waals surface area contributed by atoms with Gasteiger partial charge in [-0.25, -0.2) is 9.98 Å². The Morgan fingerprint density at radius 1 is 1.64 bits per heavy atom. The number of fused-ring (bicyclic) bond motifs is 1. The number of aliphatic imine (C=N–C) groups is 1. The van der Waals surface area contributed by atoms with Crippen molar-refractivity contribution in [1.82, 2.24) is 9.97 Å². The maximum Gasteiger partial charge on any atom is 0.197 e. The van der Waals surface area contributed by atoms with Gasteiger partial charge in [0.1, 0.15) is 5.69 Å². The molecule has 2 rings (SSSR count). The Balaban J connectivity index is 2.45. The summed E-state index contributed by atoms with van der Waals surface area (Å²) >= 11 is 0. The molecule has 0 aliphatic carbocycles. The van der Waals surface area contributed by atoms with Crippen LogP contribution in [-0.4, -0.2) is 21.0 Å². The number of H-pyrrole nitrogens is 1. The molecule has 2 heterocycles. The van der Waals surface area contributed by atoms with Crippen LogP contribution in [-0.2, 0) is 0 Å². The molecule has 6 heteroatoms. The van der Waals surface area contributed by atoms with Crippen molar-refractivity contribution in [3.63, 3.8) is 0 Å². The molecule has 0 bridgehead atoms. The summed E-state index contributed by atoms with van der Waals surface area (Å²) in [6, 6.07) is 0. The molecule has 1 aromatic heterocycles. The molecule has 1 aromatic rings. The molecule has 5 N–H and O–H groups in total. The van der Waals surface area contributed by atoms with Crippen LogP contribution in [0.15, 0.2) is 11.3 Å². The number of aromatic amines is 1. The molecular weight excluding hydrogens is 146 g/mol. The highest BCUT2D eigenvalue weighted by atomic mass is 16.3. The topological polar surface area (TPSA) is 99.3 Å². The third-order valence-electron chi connectivity index (χ3n) is 1.43. The number of hydrogen-bond donors (Lipinski definition) is 4. The second-order valence-electron chi connectivity index (χ2n) is 2.18. The second kappa shape index (κ2) is 1.96. The normalized spacial score (nSPS) is 21.9. The Bertz CT molecular complexity index is 304. The van der Waals surface area contributed by atoms with E-state index in [1.54, 1.807) is 0 Å². The van der Waals surface area contributed by atoms with E-state index in [1.165, 1.54) is 6.33 Å². The quantitative estimate of drug-likeness (QED) is 0.389. The van der Waals surface area contributed by atoms with Gasteiger partial charge in [-0.15, -0.1) is 0 Å². The van der Waals surface area contributed by atoms with Crippen molar-refractivity contribution in [3.05, 3.63) is 12.0 Å². The van der Waals surface area contributed by atoms with Crippen molar-refractivity contribution in [2.24, 2.45) is 10.7 Å². The molecular formula is C5H7N5O. The number of hydrogen-bond acceptors (Lipinski definition) is 5. The van der Waals surface area contributed by atoms with Gasteiger partial charge in [-0.3, -0.25) is 0 Å². The minimum absolute atomic E-state index is 0.178. The highest BCUT2D eigenvalue weighted by molar-refractivity contribution is 5.93. The molecule has 58 valence electrons. The van der Waals surface area contributed by atoms with Gasteiger partial charge in [0.15, 0.2) is 18.0 Å². The number of aliphatic hydroxyl groups excluding tert-OH is 1. The minimum atomic E-state index is -0.922. The zero-order valence-electron chi connectivity index (χ0n) is 5.57. The first-order valence-electron chi connectivity index (χ1n) is 3.09.